The number of aromatic nitrogens is 6. The molecule has 0 bridgehead atoms. The highest BCUT2D eigenvalue weighted by Crippen LogP contribution is 2.31. The second kappa shape index (κ2) is 7.64. The summed E-state index contributed by atoms with van der Waals surface area (Å²) in [6.45, 7) is 6.17. The lowest BCUT2D eigenvalue weighted by Gasteiger charge is -2.21. The Bertz CT molecular complexity index is 1040. The first-order valence-electron chi connectivity index (χ1n) is 10.2. The minimum Gasteiger partial charge on any atom is -0.381 e. The SMILES string of the molecule is C[C@@H]1CN(Cc2cnccn2)C[C@H]1c1nn2c(C3CCOCC3)ncc2c(=O)[nH]1. The van der Waals surface area contributed by atoms with E-state index in [0.29, 0.717) is 11.4 Å². The van der Waals surface area contributed by atoms with E-state index in [2.05, 4.69) is 31.8 Å². The molecule has 3 aromatic heterocycles. The van der Waals surface area contributed by atoms with Gasteiger partial charge in [-0.15, -0.1) is 0 Å². The Labute approximate surface area is 168 Å². The summed E-state index contributed by atoms with van der Waals surface area (Å²) in [7, 11) is 0. The average Bonchev–Trinajstić information content (AvgIpc) is 3.33. The second-order valence-electron chi connectivity index (χ2n) is 8.11. The van der Waals surface area contributed by atoms with Crippen LogP contribution in [0.5, 0.6) is 0 Å². The third-order valence-corrected chi connectivity index (χ3v) is 6.07. The molecule has 2 atom stereocenters. The van der Waals surface area contributed by atoms with Crippen LogP contribution in [0, 0.1) is 5.92 Å². The molecule has 2 aliphatic heterocycles. The van der Waals surface area contributed by atoms with Gasteiger partial charge in [-0.3, -0.25) is 19.7 Å². The maximum absolute atomic E-state index is 12.7. The highest BCUT2D eigenvalue weighted by molar-refractivity contribution is 5.42. The minimum atomic E-state index is -0.125. The number of ether oxygens (including phenoxy) is 1. The van der Waals surface area contributed by atoms with Gasteiger partial charge in [0.05, 0.1) is 11.9 Å². The third-order valence-electron chi connectivity index (χ3n) is 6.07. The van der Waals surface area contributed by atoms with E-state index < -0.39 is 0 Å². The summed E-state index contributed by atoms with van der Waals surface area (Å²) < 4.78 is 7.24. The van der Waals surface area contributed by atoms with Gasteiger partial charge >= 0.3 is 0 Å². The number of nitrogens with one attached hydrogen (secondary N) is 1. The third kappa shape index (κ3) is 3.56. The lowest BCUT2D eigenvalue weighted by molar-refractivity contribution is 0.0832. The Morgan fingerprint density at radius 3 is 2.83 bits per heavy atom. The molecule has 9 heteroatoms. The van der Waals surface area contributed by atoms with E-state index in [9.17, 15) is 4.79 Å². The molecule has 0 aromatic carbocycles. The summed E-state index contributed by atoms with van der Waals surface area (Å²) >= 11 is 0. The summed E-state index contributed by atoms with van der Waals surface area (Å²) in [5.74, 6) is 2.43. The Morgan fingerprint density at radius 1 is 1.17 bits per heavy atom. The molecule has 9 nitrogen and oxygen atoms in total. The monoisotopic (exact) mass is 395 g/mol. The van der Waals surface area contributed by atoms with E-state index in [1.165, 1.54) is 0 Å². The molecular formula is C20H25N7O2. The lowest BCUT2D eigenvalue weighted by atomic mass is 9.97. The average molecular weight is 395 g/mol. The molecule has 2 aliphatic rings. The summed E-state index contributed by atoms with van der Waals surface area (Å²) in [6, 6.07) is 0. The molecule has 152 valence electrons. The van der Waals surface area contributed by atoms with Crippen LogP contribution in [0.25, 0.3) is 5.52 Å². The predicted octanol–water partition coefficient (Wildman–Crippen LogP) is 1.34. The maximum Gasteiger partial charge on any atom is 0.276 e. The molecule has 2 fully saturated rings. The van der Waals surface area contributed by atoms with Crippen molar-refractivity contribution in [2.75, 3.05) is 26.3 Å². The number of fused-ring (bicyclic) bond motifs is 1. The summed E-state index contributed by atoms with van der Waals surface area (Å²) in [4.78, 5) is 31.1. The van der Waals surface area contributed by atoms with E-state index in [0.717, 1.165) is 63.0 Å². The first-order valence-corrected chi connectivity index (χ1v) is 10.2. The Kier molecular flexibility index (Phi) is 4.84. The van der Waals surface area contributed by atoms with Crippen LogP contribution in [0.3, 0.4) is 0 Å². The van der Waals surface area contributed by atoms with Crippen LogP contribution in [0.2, 0.25) is 0 Å². The molecule has 2 saturated heterocycles. The van der Waals surface area contributed by atoms with Crippen molar-refractivity contribution >= 4 is 5.52 Å². The number of nitrogens with zero attached hydrogens (tertiary/aromatic N) is 6. The summed E-state index contributed by atoms with van der Waals surface area (Å²) in [5.41, 5.74) is 1.34. The molecule has 0 spiro atoms. The number of hydrogen-bond acceptors (Lipinski definition) is 7. The first-order chi connectivity index (χ1) is 14.2. The van der Waals surface area contributed by atoms with Crippen molar-refractivity contribution in [1.29, 1.82) is 0 Å². The van der Waals surface area contributed by atoms with Crippen molar-refractivity contribution < 1.29 is 4.74 Å². The number of hydrogen-bond donors (Lipinski definition) is 1. The summed E-state index contributed by atoms with van der Waals surface area (Å²) in [6.07, 6.45) is 8.66. The number of rotatable bonds is 4. The Hall–Kier alpha value is -2.65. The number of likely N-dealkylation sites (tertiary alicyclic amines) is 1. The highest BCUT2D eigenvalue weighted by atomic mass is 16.5. The molecule has 3 aromatic rings. The molecule has 0 radical (unpaired) electrons. The van der Waals surface area contributed by atoms with E-state index in [1.54, 1.807) is 29.3 Å². The fraction of sp³-hybridized carbons (Fsp3) is 0.550. The molecular weight excluding hydrogens is 370 g/mol. The molecule has 1 N–H and O–H groups in total. The molecule has 5 rings (SSSR count). The van der Waals surface area contributed by atoms with Gasteiger partial charge in [0.25, 0.3) is 5.56 Å². The molecule has 0 amide bonds. The van der Waals surface area contributed by atoms with Crippen LogP contribution in [-0.4, -0.2) is 60.8 Å². The minimum absolute atomic E-state index is 0.125. The zero-order valence-corrected chi connectivity index (χ0v) is 16.5. The van der Waals surface area contributed by atoms with Crippen molar-refractivity contribution in [3.8, 4) is 0 Å². The van der Waals surface area contributed by atoms with Crippen molar-refractivity contribution in [3.63, 3.8) is 0 Å². The van der Waals surface area contributed by atoms with Crippen LogP contribution in [0.15, 0.2) is 29.6 Å². The summed E-state index contributed by atoms with van der Waals surface area (Å²) in [5, 5.41) is 4.85. The van der Waals surface area contributed by atoms with Crippen molar-refractivity contribution in [1.82, 2.24) is 34.4 Å². The highest BCUT2D eigenvalue weighted by Gasteiger charge is 2.33. The largest absolute Gasteiger partial charge is 0.381 e. The van der Waals surface area contributed by atoms with Crippen LogP contribution in [-0.2, 0) is 11.3 Å². The fourth-order valence-electron chi connectivity index (χ4n) is 4.53. The lowest BCUT2D eigenvalue weighted by Crippen LogP contribution is -2.24. The van der Waals surface area contributed by atoms with Crippen LogP contribution in [0.4, 0.5) is 0 Å². The van der Waals surface area contributed by atoms with Crippen LogP contribution >= 0.6 is 0 Å². The van der Waals surface area contributed by atoms with Gasteiger partial charge in [-0.05, 0) is 18.8 Å². The molecule has 29 heavy (non-hydrogen) atoms. The van der Waals surface area contributed by atoms with E-state index in [4.69, 9.17) is 9.84 Å². The van der Waals surface area contributed by atoms with Gasteiger partial charge in [-0.25, -0.2) is 9.50 Å². The number of aromatic amines is 1. The normalized spacial score (nSPS) is 23.8. The Morgan fingerprint density at radius 2 is 2.03 bits per heavy atom. The zero-order valence-electron chi connectivity index (χ0n) is 16.5. The smallest absolute Gasteiger partial charge is 0.276 e. The zero-order chi connectivity index (χ0) is 19.8. The number of H-pyrrole nitrogens is 1. The first kappa shape index (κ1) is 18.4. The van der Waals surface area contributed by atoms with Crippen LogP contribution < -0.4 is 5.56 Å². The predicted molar refractivity (Wildman–Crippen MR) is 106 cm³/mol. The topological polar surface area (TPSA) is 101 Å². The molecule has 0 unspecified atom stereocenters. The van der Waals surface area contributed by atoms with Gasteiger partial charge < -0.3 is 9.72 Å². The van der Waals surface area contributed by atoms with Crippen molar-refractivity contribution in [2.45, 2.75) is 38.1 Å². The van der Waals surface area contributed by atoms with Crippen LogP contribution in [0.1, 0.15) is 48.9 Å². The van der Waals surface area contributed by atoms with Gasteiger partial charge in [0, 0.05) is 63.3 Å². The van der Waals surface area contributed by atoms with Gasteiger partial charge in [0.15, 0.2) is 5.52 Å². The number of imidazole rings is 1. The quantitative estimate of drug-likeness (QED) is 0.711. The maximum atomic E-state index is 12.7. The van der Waals surface area contributed by atoms with Gasteiger partial charge in [0.1, 0.15) is 11.6 Å². The van der Waals surface area contributed by atoms with Crippen molar-refractivity contribution in [2.24, 2.45) is 5.92 Å². The molecule has 5 heterocycles. The second-order valence-corrected chi connectivity index (χ2v) is 8.11. The van der Waals surface area contributed by atoms with E-state index >= 15 is 0 Å². The standard InChI is InChI=1S/C20H25N7O2/c1-13-10-26(11-15-8-21-4-5-22-15)12-16(13)18-24-20(28)17-9-23-19(27(17)25-18)14-2-6-29-7-3-14/h4-5,8-9,13-14,16H,2-3,6-7,10-12H2,1H3,(H,24,25,28)/t13-,16-/m1/s1. The van der Waals surface area contributed by atoms with E-state index in [-0.39, 0.29) is 17.4 Å². The van der Waals surface area contributed by atoms with E-state index in [1.807, 2.05) is 0 Å². The Balaban J connectivity index is 1.43. The van der Waals surface area contributed by atoms with Gasteiger partial charge in [-0.1, -0.05) is 6.92 Å². The fourth-order valence-corrected chi connectivity index (χ4v) is 4.53. The molecule has 0 saturated carbocycles. The van der Waals surface area contributed by atoms with Gasteiger partial charge in [-0.2, -0.15) is 5.10 Å². The van der Waals surface area contributed by atoms with Gasteiger partial charge in [0.2, 0.25) is 0 Å². The van der Waals surface area contributed by atoms with Crippen molar-refractivity contribution in [3.05, 3.63) is 52.5 Å². The molecule has 0 aliphatic carbocycles.